The van der Waals surface area contributed by atoms with Crippen molar-refractivity contribution in [2.45, 2.75) is 18.5 Å². The molecule has 0 bridgehead atoms. The molecule has 106 valence electrons. The van der Waals surface area contributed by atoms with E-state index in [1.54, 1.807) is 6.20 Å². The summed E-state index contributed by atoms with van der Waals surface area (Å²) < 4.78 is 15.4. The number of hydrogen-bond donors (Lipinski definition) is 1. The van der Waals surface area contributed by atoms with Crippen LogP contribution in [-0.2, 0) is 0 Å². The van der Waals surface area contributed by atoms with E-state index in [4.69, 9.17) is 0 Å². The number of alkyl halides is 1. The number of fused-ring (bicyclic) bond motifs is 1. The van der Waals surface area contributed by atoms with E-state index in [2.05, 4.69) is 20.9 Å². The van der Waals surface area contributed by atoms with Gasteiger partial charge in [0.2, 0.25) is 0 Å². The zero-order valence-corrected chi connectivity index (χ0v) is 12.6. The van der Waals surface area contributed by atoms with E-state index in [9.17, 15) is 9.50 Å². The van der Waals surface area contributed by atoms with Gasteiger partial charge in [-0.1, -0.05) is 15.9 Å². The molecule has 1 unspecified atom stereocenters. The lowest BCUT2D eigenvalue weighted by atomic mass is 9.95. The molecule has 5 heteroatoms. The van der Waals surface area contributed by atoms with Crippen molar-refractivity contribution in [1.29, 1.82) is 0 Å². The molecule has 1 N–H and O–H groups in total. The normalized spacial score (nSPS) is 23.2. The minimum Gasteiger partial charge on any atom is -0.393 e. The first-order valence-electron chi connectivity index (χ1n) is 6.70. The van der Waals surface area contributed by atoms with E-state index in [0.29, 0.717) is 6.42 Å². The Balaban J connectivity index is 2.01. The highest BCUT2D eigenvalue weighted by Gasteiger charge is 2.35. The second-order valence-corrected chi connectivity index (χ2v) is 6.25. The fraction of sp³-hybridized carbons (Fsp3) is 0.400. The second-order valence-electron chi connectivity index (χ2n) is 5.33. The molecule has 1 aromatic heterocycles. The van der Waals surface area contributed by atoms with Crippen molar-refractivity contribution in [3.8, 4) is 0 Å². The van der Waals surface area contributed by atoms with E-state index >= 15 is 0 Å². The van der Waals surface area contributed by atoms with E-state index in [1.165, 1.54) is 0 Å². The number of halogens is 2. The quantitative estimate of drug-likeness (QED) is 0.912. The molecule has 1 saturated heterocycles. The lowest BCUT2D eigenvalue weighted by molar-refractivity contribution is 0.0566. The van der Waals surface area contributed by atoms with Gasteiger partial charge in [0.15, 0.2) is 5.67 Å². The molecule has 0 spiro atoms. The highest BCUT2D eigenvalue weighted by Crippen LogP contribution is 2.32. The van der Waals surface area contributed by atoms with Gasteiger partial charge in [-0.3, -0.25) is 0 Å². The molecule has 2 heterocycles. The minimum absolute atomic E-state index is 0.200. The van der Waals surface area contributed by atoms with Gasteiger partial charge >= 0.3 is 0 Å². The lowest BCUT2D eigenvalue weighted by Crippen LogP contribution is -2.48. The summed E-state index contributed by atoms with van der Waals surface area (Å²) in [5.74, 6) is 0.796. The Bertz CT molecular complexity index is 636. The fourth-order valence-electron chi connectivity index (χ4n) is 2.78. The van der Waals surface area contributed by atoms with Gasteiger partial charge in [0, 0.05) is 22.6 Å². The van der Waals surface area contributed by atoms with Crippen LogP contribution in [0.1, 0.15) is 12.8 Å². The Labute approximate surface area is 125 Å². The zero-order chi connectivity index (χ0) is 14.2. The van der Waals surface area contributed by atoms with Crippen LogP contribution >= 0.6 is 15.9 Å². The first-order chi connectivity index (χ1) is 9.61. The van der Waals surface area contributed by atoms with E-state index in [1.807, 2.05) is 29.2 Å². The van der Waals surface area contributed by atoms with E-state index in [-0.39, 0.29) is 6.54 Å². The van der Waals surface area contributed by atoms with Crippen molar-refractivity contribution >= 4 is 32.5 Å². The Kier molecular flexibility index (Phi) is 3.65. The molecule has 3 nitrogen and oxygen atoms in total. The summed E-state index contributed by atoms with van der Waals surface area (Å²) in [5, 5.41) is 11.3. The number of rotatable bonds is 2. The molecule has 0 aliphatic carbocycles. The number of benzene rings is 1. The zero-order valence-electron chi connectivity index (χ0n) is 11.0. The molecular weight excluding hydrogens is 323 g/mol. The Morgan fingerprint density at radius 2 is 2.25 bits per heavy atom. The smallest absolute Gasteiger partial charge is 0.151 e. The maximum atomic E-state index is 14.4. The molecule has 1 fully saturated rings. The van der Waals surface area contributed by atoms with Crippen molar-refractivity contribution in [2.24, 2.45) is 0 Å². The Morgan fingerprint density at radius 1 is 1.40 bits per heavy atom. The summed E-state index contributed by atoms with van der Waals surface area (Å²) in [6.45, 7) is 0.541. The average molecular weight is 339 g/mol. The van der Waals surface area contributed by atoms with Gasteiger partial charge in [0.25, 0.3) is 0 Å². The molecule has 3 rings (SSSR count). The van der Waals surface area contributed by atoms with Crippen LogP contribution in [0.5, 0.6) is 0 Å². The average Bonchev–Trinajstić information content (AvgIpc) is 2.46. The Morgan fingerprint density at radius 3 is 3.05 bits per heavy atom. The van der Waals surface area contributed by atoms with Crippen LogP contribution < -0.4 is 4.90 Å². The first-order valence-corrected chi connectivity index (χ1v) is 7.50. The van der Waals surface area contributed by atoms with Crippen LogP contribution in [-0.4, -0.2) is 35.5 Å². The second kappa shape index (κ2) is 5.30. The topological polar surface area (TPSA) is 36.4 Å². The van der Waals surface area contributed by atoms with Gasteiger partial charge in [-0.15, -0.1) is 0 Å². The molecule has 0 radical (unpaired) electrons. The summed E-state index contributed by atoms with van der Waals surface area (Å²) in [6, 6.07) is 7.93. The van der Waals surface area contributed by atoms with Crippen molar-refractivity contribution in [3.63, 3.8) is 0 Å². The summed E-state index contributed by atoms with van der Waals surface area (Å²) in [6.07, 6.45) is 2.89. The lowest BCUT2D eigenvalue weighted by Gasteiger charge is -2.37. The molecule has 1 aliphatic heterocycles. The van der Waals surface area contributed by atoms with E-state index < -0.39 is 12.3 Å². The molecule has 1 atom stereocenters. The third-order valence-corrected chi connectivity index (χ3v) is 4.31. The SMILES string of the molecule is OCC1(F)CCCN(c2nccc3cc(Br)ccc23)C1. The van der Waals surface area contributed by atoms with Crippen molar-refractivity contribution in [3.05, 3.63) is 34.9 Å². The number of aliphatic hydroxyl groups excluding tert-OH is 1. The van der Waals surface area contributed by atoms with Gasteiger partial charge < -0.3 is 10.0 Å². The van der Waals surface area contributed by atoms with Gasteiger partial charge in [-0.05, 0) is 42.5 Å². The molecule has 0 saturated carbocycles. The number of piperidine rings is 1. The van der Waals surface area contributed by atoms with Crippen LogP contribution in [0, 0.1) is 0 Å². The van der Waals surface area contributed by atoms with Crippen molar-refractivity contribution < 1.29 is 9.50 Å². The summed E-state index contributed by atoms with van der Waals surface area (Å²) in [5.41, 5.74) is -1.52. The molecule has 0 amide bonds. The summed E-state index contributed by atoms with van der Waals surface area (Å²) in [4.78, 5) is 6.36. The number of aromatic nitrogens is 1. The largest absolute Gasteiger partial charge is 0.393 e. The number of anilines is 1. The van der Waals surface area contributed by atoms with Crippen LogP contribution in [0.25, 0.3) is 10.8 Å². The van der Waals surface area contributed by atoms with Crippen molar-refractivity contribution in [1.82, 2.24) is 4.98 Å². The maximum absolute atomic E-state index is 14.4. The third-order valence-electron chi connectivity index (χ3n) is 3.82. The summed E-state index contributed by atoms with van der Waals surface area (Å²) in [7, 11) is 0. The molecular formula is C15H16BrFN2O. The van der Waals surface area contributed by atoms with Gasteiger partial charge in [0.05, 0.1) is 13.2 Å². The summed E-state index contributed by atoms with van der Waals surface area (Å²) >= 11 is 3.46. The van der Waals surface area contributed by atoms with Crippen LogP contribution in [0.2, 0.25) is 0 Å². The van der Waals surface area contributed by atoms with Crippen LogP contribution in [0.4, 0.5) is 10.2 Å². The number of aliphatic hydroxyl groups is 1. The Hall–Kier alpha value is -1.20. The van der Waals surface area contributed by atoms with Gasteiger partial charge in [-0.25, -0.2) is 9.37 Å². The predicted octanol–water partition coefficient (Wildman–Crippen LogP) is 3.30. The number of hydrogen-bond acceptors (Lipinski definition) is 3. The van der Waals surface area contributed by atoms with Crippen LogP contribution in [0.3, 0.4) is 0 Å². The third kappa shape index (κ3) is 2.52. The number of nitrogens with zero attached hydrogens (tertiary/aromatic N) is 2. The van der Waals surface area contributed by atoms with E-state index in [0.717, 1.165) is 34.0 Å². The highest BCUT2D eigenvalue weighted by molar-refractivity contribution is 9.10. The molecule has 1 aliphatic rings. The highest BCUT2D eigenvalue weighted by atomic mass is 79.9. The standard InChI is InChI=1S/C15H16BrFN2O/c16-12-2-3-13-11(8-12)4-6-18-14(13)19-7-1-5-15(17,9-19)10-20/h2-4,6,8,20H,1,5,7,9-10H2. The number of pyridine rings is 1. The fourth-order valence-corrected chi connectivity index (χ4v) is 3.16. The molecule has 2 aromatic rings. The first kappa shape index (κ1) is 13.8. The van der Waals surface area contributed by atoms with Gasteiger partial charge in [0.1, 0.15) is 5.82 Å². The van der Waals surface area contributed by atoms with Gasteiger partial charge in [-0.2, -0.15) is 0 Å². The molecule has 1 aromatic carbocycles. The molecule has 20 heavy (non-hydrogen) atoms. The van der Waals surface area contributed by atoms with Crippen molar-refractivity contribution in [2.75, 3.05) is 24.6 Å². The minimum atomic E-state index is -1.52. The monoisotopic (exact) mass is 338 g/mol. The maximum Gasteiger partial charge on any atom is 0.151 e. The van der Waals surface area contributed by atoms with Crippen LogP contribution in [0.15, 0.2) is 34.9 Å². The predicted molar refractivity (Wildman–Crippen MR) is 81.8 cm³/mol.